The lowest BCUT2D eigenvalue weighted by atomic mass is 10.0. The monoisotopic (exact) mass is 296 g/mol. The quantitative estimate of drug-likeness (QED) is 0.490. The molecule has 0 saturated carbocycles. The van der Waals surface area contributed by atoms with E-state index in [0.717, 1.165) is 24.3 Å². The molecule has 6 heteroatoms. The van der Waals surface area contributed by atoms with Gasteiger partial charge in [0.05, 0.1) is 12.0 Å². The van der Waals surface area contributed by atoms with Crippen LogP contribution in [0.1, 0.15) is 27.1 Å². The average molecular weight is 296 g/mol. The second-order valence-electron chi connectivity index (χ2n) is 4.27. The van der Waals surface area contributed by atoms with Crippen molar-refractivity contribution in [3.8, 4) is 0 Å². The van der Waals surface area contributed by atoms with Gasteiger partial charge in [0.15, 0.2) is 11.6 Å². The molecule has 2 aromatic rings. The number of hydrogen-bond acceptors (Lipinski definition) is 2. The van der Waals surface area contributed by atoms with E-state index in [1.165, 1.54) is 0 Å². The maximum Gasteiger partial charge on any atom is 0.176 e. The first-order valence-corrected chi connectivity index (χ1v) is 5.85. The lowest BCUT2D eigenvalue weighted by Crippen LogP contribution is -2.12. The van der Waals surface area contributed by atoms with Gasteiger partial charge in [0, 0.05) is 17.7 Å². The minimum Gasteiger partial charge on any atom is -0.294 e. The summed E-state index contributed by atoms with van der Waals surface area (Å²) >= 11 is 0. The van der Waals surface area contributed by atoms with Crippen LogP contribution in [0.2, 0.25) is 0 Å². The number of halogens is 4. The number of rotatable bonds is 4. The second-order valence-corrected chi connectivity index (χ2v) is 4.27. The van der Waals surface area contributed by atoms with Crippen molar-refractivity contribution in [2.24, 2.45) is 0 Å². The van der Waals surface area contributed by atoms with Gasteiger partial charge in [-0.05, 0) is 24.3 Å². The number of benzene rings is 2. The molecule has 0 saturated heterocycles. The van der Waals surface area contributed by atoms with Crippen LogP contribution in [0.5, 0.6) is 0 Å². The van der Waals surface area contributed by atoms with E-state index in [1.54, 1.807) is 0 Å². The molecule has 0 radical (unpaired) electrons. The van der Waals surface area contributed by atoms with Gasteiger partial charge >= 0.3 is 0 Å². The fraction of sp³-hybridized carbons (Fsp3) is 0.0667. The smallest absolute Gasteiger partial charge is 0.176 e. The Morgan fingerprint density at radius 3 is 1.81 bits per heavy atom. The molecular weight excluding hydrogens is 288 g/mol. The molecule has 0 heterocycles. The van der Waals surface area contributed by atoms with Crippen molar-refractivity contribution in [3.63, 3.8) is 0 Å². The van der Waals surface area contributed by atoms with E-state index >= 15 is 0 Å². The highest BCUT2D eigenvalue weighted by Gasteiger charge is 2.21. The third kappa shape index (κ3) is 3.34. The van der Waals surface area contributed by atoms with Crippen LogP contribution in [0.4, 0.5) is 17.6 Å². The predicted octanol–water partition coefficient (Wildman–Crippen LogP) is 3.70. The largest absolute Gasteiger partial charge is 0.294 e. The summed E-state index contributed by atoms with van der Waals surface area (Å²) in [7, 11) is 0. The molecule has 0 N–H and O–H groups in total. The second kappa shape index (κ2) is 5.87. The Hall–Kier alpha value is -2.50. The van der Waals surface area contributed by atoms with E-state index in [0.29, 0.717) is 12.1 Å². The maximum atomic E-state index is 13.4. The third-order valence-corrected chi connectivity index (χ3v) is 2.77. The molecule has 0 aliphatic carbocycles. The first-order chi connectivity index (χ1) is 9.88. The summed E-state index contributed by atoms with van der Waals surface area (Å²) < 4.78 is 52.3. The van der Waals surface area contributed by atoms with Gasteiger partial charge in [-0.15, -0.1) is 0 Å². The van der Waals surface area contributed by atoms with Crippen molar-refractivity contribution in [1.82, 2.24) is 0 Å². The molecule has 2 nitrogen and oxygen atoms in total. The van der Waals surface area contributed by atoms with E-state index in [-0.39, 0.29) is 5.56 Å². The van der Waals surface area contributed by atoms with Crippen LogP contribution in [0.3, 0.4) is 0 Å². The summed E-state index contributed by atoms with van der Waals surface area (Å²) in [6, 6.07) is 5.08. The molecule has 0 amide bonds. The van der Waals surface area contributed by atoms with E-state index in [9.17, 15) is 27.2 Å². The van der Waals surface area contributed by atoms with Gasteiger partial charge in [-0.25, -0.2) is 17.6 Å². The van der Waals surface area contributed by atoms with Gasteiger partial charge in [-0.1, -0.05) is 0 Å². The van der Waals surface area contributed by atoms with Crippen LogP contribution in [0.25, 0.3) is 0 Å². The zero-order valence-electron chi connectivity index (χ0n) is 10.5. The number of ketones is 2. The summed E-state index contributed by atoms with van der Waals surface area (Å²) in [5.41, 5.74) is -0.931. The van der Waals surface area contributed by atoms with Crippen molar-refractivity contribution in [3.05, 3.63) is 70.8 Å². The van der Waals surface area contributed by atoms with Crippen LogP contribution < -0.4 is 0 Å². The van der Waals surface area contributed by atoms with E-state index in [2.05, 4.69) is 0 Å². The average Bonchev–Trinajstić information content (AvgIpc) is 2.37. The highest BCUT2D eigenvalue weighted by molar-refractivity contribution is 6.13. The number of carbonyl (C=O) groups excluding carboxylic acids is 2. The Labute approximate surface area is 117 Å². The molecule has 0 aliphatic heterocycles. The minimum atomic E-state index is -1.37. The Morgan fingerprint density at radius 1 is 0.762 bits per heavy atom. The maximum absolute atomic E-state index is 13.4. The van der Waals surface area contributed by atoms with Crippen LogP contribution in [-0.4, -0.2) is 11.6 Å². The minimum absolute atomic E-state index is 0.0349. The molecular formula is C15H8F4O2. The number of carbonyl (C=O) groups is 2. The van der Waals surface area contributed by atoms with Gasteiger partial charge in [0.1, 0.15) is 23.3 Å². The zero-order chi connectivity index (χ0) is 15.6. The zero-order valence-corrected chi connectivity index (χ0v) is 10.5. The summed E-state index contributed by atoms with van der Waals surface area (Å²) in [4.78, 5) is 23.5. The molecule has 0 atom stereocenters. The summed E-state index contributed by atoms with van der Waals surface area (Å²) in [6.45, 7) is 0. The summed E-state index contributed by atoms with van der Waals surface area (Å²) in [5, 5.41) is 0. The predicted molar refractivity (Wildman–Crippen MR) is 66.0 cm³/mol. The van der Waals surface area contributed by atoms with Crippen molar-refractivity contribution in [2.45, 2.75) is 6.42 Å². The molecule has 0 aromatic heterocycles. The van der Waals surface area contributed by atoms with Crippen LogP contribution in [0, 0.1) is 23.3 Å². The van der Waals surface area contributed by atoms with Gasteiger partial charge in [-0.2, -0.15) is 0 Å². The third-order valence-electron chi connectivity index (χ3n) is 2.77. The number of hydrogen-bond donors (Lipinski definition) is 0. The highest BCUT2D eigenvalue weighted by atomic mass is 19.1. The Kier molecular flexibility index (Phi) is 4.16. The molecule has 0 bridgehead atoms. The van der Waals surface area contributed by atoms with Gasteiger partial charge in [-0.3, -0.25) is 9.59 Å². The van der Waals surface area contributed by atoms with Crippen LogP contribution in [0.15, 0.2) is 36.4 Å². The first-order valence-electron chi connectivity index (χ1n) is 5.85. The molecule has 2 aromatic carbocycles. The van der Waals surface area contributed by atoms with Crippen molar-refractivity contribution in [2.75, 3.05) is 0 Å². The topological polar surface area (TPSA) is 34.1 Å². The summed E-state index contributed by atoms with van der Waals surface area (Å²) in [5.74, 6) is -6.30. The Bertz CT molecular complexity index is 685. The number of Topliss-reactive ketones (excluding diaryl/α,β-unsaturated/α-hetero) is 2. The fourth-order valence-corrected chi connectivity index (χ4v) is 1.78. The molecule has 0 spiro atoms. The summed E-state index contributed by atoms with van der Waals surface area (Å²) in [6.07, 6.45) is -0.800. The molecule has 21 heavy (non-hydrogen) atoms. The van der Waals surface area contributed by atoms with E-state index in [4.69, 9.17) is 0 Å². The van der Waals surface area contributed by atoms with Gasteiger partial charge < -0.3 is 0 Å². The van der Waals surface area contributed by atoms with E-state index < -0.39 is 46.8 Å². The van der Waals surface area contributed by atoms with Crippen molar-refractivity contribution < 1.29 is 27.2 Å². The van der Waals surface area contributed by atoms with Crippen molar-refractivity contribution in [1.29, 1.82) is 0 Å². The lowest BCUT2D eigenvalue weighted by molar-refractivity contribution is 0.0890. The van der Waals surface area contributed by atoms with Gasteiger partial charge in [0.25, 0.3) is 0 Å². The van der Waals surface area contributed by atoms with Crippen LogP contribution >= 0.6 is 0 Å². The van der Waals surface area contributed by atoms with Gasteiger partial charge in [0.2, 0.25) is 0 Å². The molecule has 0 unspecified atom stereocenters. The van der Waals surface area contributed by atoms with Crippen molar-refractivity contribution >= 4 is 11.6 Å². The SMILES string of the molecule is O=C(CC(=O)c1c(F)cc(F)cc1F)c1ccc(F)cc1. The molecule has 108 valence electrons. The molecule has 0 aliphatic rings. The normalized spacial score (nSPS) is 10.5. The van der Waals surface area contributed by atoms with Crippen LogP contribution in [-0.2, 0) is 0 Å². The Morgan fingerprint density at radius 2 is 1.29 bits per heavy atom. The first kappa shape index (κ1) is 14.9. The molecule has 0 fully saturated rings. The Balaban J connectivity index is 2.22. The highest BCUT2D eigenvalue weighted by Crippen LogP contribution is 2.18. The standard InChI is InChI=1S/C15H8F4O2/c16-9-3-1-8(2-4-9)13(20)7-14(21)15-11(18)5-10(17)6-12(15)19/h1-6H,7H2. The van der Waals surface area contributed by atoms with E-state index in [1.807, 2.05) is 0 Å². The lowest BCUT2D eigenvalue weighted by Gasteiger charge is -2.04. The molecule has 2 rings (SSSR count). The fourth-order valence-electron chi connectivity index (χ4n) is 1.78.